The maximum Gasteiger partial charge on any atom is 0.146 e. The summed E-state index contributed by atoms with van der Waals surface area (Å²) in [5.41, 5.74) is 5.60. The van der Waals surface area contributed by atoms with Crippen LogP contribution < -0.4 is 5.73 Å². The molecular formula is C10H11F2NS. The van der Waals surface area contributed by atoms with Gasteiger partial charge in [0.2, 0.25) is 0 Å². The number of thioether (sulfide) groups is 1. The zero-order valence-electron chi connectivity index (χ0n) is 7.76. The Hall–Kier alpha value is -0.870. The van der Waals surface area contributed by atoms with E-state index in [2.05, 4.69) is 0 Å². The van der Waals surface area contributed by atoms with E-state index in [0.29, 0.717) is 12.1 Å². The maximum atomic E-state index is 13.5. The first-order valence-electron chi connectivity index (χ1n) is 4.09. The quantitative estimate of drug-likeness (QED) is 0.784. The Morgan fingerprint density at radius 2 is 2.14 bits per heavy atom. The van der Waals surface area contributed by atoms with Gasteiger partial charge in [0, 0.05) is 12.1 Å². The molecule has 1 aromatic rings. The van der Waals surface area contributed by atoms with Gasteiger partial charge in [0.05, 0.1) is 4.90 Å². The molecule has 1 aromatic carbocycles. The second-order valence-corrected chi connectivity index (χ2v) is 3.44. The summed E-state index contributed by atoms with van der Waals surface area (Å²) in [6, 6.07) is 2.65. The molecule has 2 N–H and O–H groups in total. The van der Waals surface area contributed by atoms with Crippen molar-refractivity contribution in [1.82, 2.24) is 0 Å². The normalized spacial score (nSPS) is 11.1. The molecule has 14 heavy (non-hydrogen) atoms. The van der Waals surface area contributed by atoms with Crippen LogP contribution in [-0.4, -0.2) is 12.8 Å². The van der Waals surface area contributed by atoms with Crippen molar-refractivity contribution in [3.63, 3.8) is 0 Å². The highest BCUT2D eigenvalue weighted by Gasteiger charge is 2.10. The van der Waals surface area contributed by atoms with Crippen LogP contribution in [0.5, 0.6) is 0 Å². The number of nitrogens with two attached hydrogens (primary N) is 1. The molecule has 0 aromatic heterocycles. The van der Waals surface area contributed by atoms with E-state index in [4.69, 9.17) is 5.73 Å². The Bertz CT molecular complexity index is 350. The van der Waals surface area contributed by atoms with Crippen LogP contribution in [0.2, 0.25) is 0 Å². The molecule has 76 valence electrons. The molecule has 0 radical (unpaired) electrons. The highest BCUT2D eigenvalue weighted by Crippen LogP contribution is 2.25. The predicted octanol–water partition coefficient (Wildman–Crippen LogP) is 2.66. The summed E-state index contributed by atoms with van der Waals surface area (Å²) in [6.07, 6.45) is 4.81. The number of hydrogen-bond donors (Lipinski definition) is 1. The Morgan fingerprint density at radius 1 is 1.43 bits per heavy atom. The van der Waals surface area contributed by atoms with E-state index in [1.165, 1.54) is 12.1 Å². The van der Waals surface area contributed by atoms with Gasteiger partial charge in [-0.05, 0) is 18.4 Å². The number of benzene rings is 1. The van der Waals surface area contributed by atoms with Gasteiger partial charge < -0.3 is 5.73 Å². The van der Waals surface area contributed by atoms with Gasteiger partial charge in [-0.15, -0.1) is 11.8 Å². The van der Waals surface area contributed by atoms with Crippen LogP contribution in [0.1, 0.15) is 5.56 Å². The van der Waals surface area contributed by atoms with E-state index in [-0.39, 0.29) is 4.90 Å². The first kappa shape index (κ1) is 11.2. The predicted molar refractivity (Wildman–Crippen MR) is 56.2 cm³/mol. The fraction of sp³-hybridized carbons (Fsp3) is 0.200. The molecule has 0 heterocycles. The lowest BCUT2D eigenvalue weighted by atomic mass is 10.2. The van der Waals surface area contributed by atoms with Crippen molar-refractivity contribution >= 4 is 17.8 Å². The molecule has 1 nitrogen and oxygen atoms in total. The largest absolute Gasteiger partial charge is 0.327 e. The van der Waals surface area contributed by atoms with Gasteiger partial charge in [-0.1, -0.05) is 12.2 Å². The minimum Gasteiger partial charge on any atom is -0.327 e. The third-order valence-electron chi connectivity index (χ3n) is 1.72. The van der Waals surface area contributed by atoms with Crippen molar-refractivity contribution in [2.24, 2.45) is 5.73 Å². The Morgan fingerprint density at radius 3 is 2.71 bits per heavy atom. The summed E-state index contributed by atoms with van der Waals surface area (Å²) in [5.74, 6) is -1.05. The first-order valence-corrected chi connectivity index (χ1v) is 5.31. The van der Waals surface area contributed by atoms with Crippen LogP contribution in [0, 0.1) is 11.6 Å². The van der Waals surface area contributed by atoms with Crippen LogP contribution in [0.3, 0.4) is 0 Å². The molecule has 0 amide bonds. The number of rotatable bonds is 3. The second-order valence-electron chi connectivity index (χ2n) is 2.62. The lowest BCUT2D eigenvalue weighted by molar-refractivity contribution is 0.539. The molecular weight excluding hydrogens is 204 g/mol. The fourth-order valence-corrected chi connectivity index (χ4v) is 1.62. The maximum absolute atomic E-state index is 13.5. The van der Waals surface area contributed by atoms with Crippen LogP contribution in [0.25, 0.3) is 6.08 Å². The van der Waals surface area contributed by atoms with E-state index in [9.17, 15) is 8.78 Å². The summed E-state index contributed by atoms with van der Waals surface area (Å²) < 4.78 is 26.5. The van der Waals surface area contributed by atoms with Gasteiger partial charge in [-0.25, -0.2) is 8.78 Å². The summed E-state index contributed by atoms with van der Waals surface area (Å²) >= 11 is 1.05. The van der Waals surface area contributed by atoms with Crippen molar-refractivity contribution in [1.29, 1.82) is 0 Å². The van der Waals surface area contributed by atoms with Gasteiger partial charge in [0.1, 0.15) is 11.6 Å². The minimum absolute atomic E-state index is 0.0455. The molecule has 0 unspecified atom stereocenters. The number of hydrogen-bond acceptors (Lipinski definition) is 2. The van der Waals surface area contributed by atoms with E-state index in [0.717, 1.165) is 11.8 Å². The molecule has 0 aliphatic carbocycles. The van der Waals surface area contributed by atoms with Gasteiger partial charge in [-0.2, -0.15) is 0 Å². The molecule has 0 saturated carbocycles. The van der Waals surface area contributed by atoms with E-state index in [1.807, 2.05) is 0 Å². The molecule has 0 atom stereocenters. The van der Waals surface area contributed by atoms with Crippen molar-refractivity contribution < 1.29 is 8.78 Å². The highest BCUT2D eigenvalue weighted by molar-refractivity contribution is 7.98. The third kappa shape index (κ3) is 2.33. The zero-order chi connectivity index (χ0) is 10.6. The topological polar surface area (TPSA) is 26.0 Å². The second kappa shape index (κ2) is 5.12. The Kier molecular flexibility index (Phi) is 4.10. The van der Waals surface area contributed by atoms with Crippen molar-refractivity contribution in [2.75, 3.05) is 12.8 Å². The molecule has 0 aliphatic rings. The average molecular weight is 215 g/mol. The molecule has 0 spiro atoms. The summed E-state index contributed by atoms with van der Waals surface area (Å²) in [6.45, 7) is 0.339. The fourth-order valence-electron chi connectivity index (χ4n) is 1.06. The smallest absolute Gasteiger partial charge is 0.146 e. The van der Waals surface area contributed by atoms with Crippen molar-refractivity contribution in [2.45, 2.75) is 4.90 Å². The van der Waals surface area contributed by atoms with Crippen LogP contribution >= 0.6 is 11.8 Å². The van der Waals surface area contributed by atoms with Crippen LogP contribution in [-0.2, 0) is 0 Å². The van der Waals surface area contributed by atoms with E-state index >= 15 is 0 Å². The summed E-state index contributed by atoms with van der Waals surface area (Å²) in [5, 5.41) is 0. The molecule has 4 heteroatoms. The van der Waals surface area contributed by atoms with Crippen molar-refractivity contribution in [3.8, 4) is 0 Å². The van der Waals surface area contributed by atoms with E-state index < -0.39 is 11.6 Å². The van der Waals surface area contributed by atoms with Crippen LogP contribution in [0.4, 0.5) is 8.78 Å². The molecule has 0 fully saturated rings. The average Bonchev–Trinajstić information content (AvgIpc) is 2.18. The SMILES string of the molecule is CSc1c(F)ccc(/C=C/CN)c1F. The van der Waals surface area contributed by atoms with Crippen molar-refractivity contribution in [3.05, 3.63) is 35.4 Å². The molecule has 0 bridgehead atoms. The lowest BCUT2D eigenvalue weighted by Gasteiger charge is -2.03. The standard InChI is InChI=1S/C10H11F2NS/c1-14-10-8(11)5-4-7(9(10)12)3-2-6-13/h2-5H,6,13H2,1H3/b3-2+. The monoisotopic (exact) mass is 215 g/mol. The van der Waals surface area contributed by atoms with E-state index in [1.54, 1.807) is 18.4 Å². The summed E-state index contributed by atoms with van der Waals surface area (Å²) in [7, 11) is 0. The van der Waals surface area contributed by atoms with Gasteiger partial charge >= 0.3 is 0 Å². The highest BCUT2D eigenvalue weighted by atomic mass is 32.2. The summed E-state index contributed by atoms with van der Waals surface area (Å²) in [4.78, 5) is 0.0455. The third-order valence-corrected chi connectivity index (χ3v) is 2.50. The first-order chi connectivity index (χ1) is 6.70. The Balaban J connectivity index is 3.14. The van der Waals surface area contributed by atoms with Gasteiger partial charge in [0.15, 0.2) is 0 Å². The Labute approximate surface area is 86.0 Å². The van der Waals surface area contributed by atoms with Crippen LogP contribution in [0.15, 0.2) is 23.1 Å². The molecule has 1 rings (SSSR count). The minimum atomic E-state index is -0.528. The molecule has 0 saturated heterocycles. The number of halogens is 2. The molecule has 0 aliphatic heterocycles. The zero-order valence-corrected chi connectivity index (χ0v) is 8.57. The lowest BCUT2D eigenvalue weighted by Crippen LogP contribution is -1.94. The van der Waals surface area contributed by atoms with Gasteiger partial charge in [-0.3, -0.25) is 0 Å². The van der Waals surface area contributed by atoms with Gasteiger partial charge in [0.25, 0.3) is 0 Å².